The maximum Gasteiger partial charge on any atom is 0.333 e. The molecule has 0 aliphatic rings. The van der Waals surface area contributed by atoms with Crippen molar-refractivity contribution in [2.45, 2.75) is 26.8 Å². The lowest BCUT2D eigenvalue weighted by Crippen LogP contribution is -2.41. The first-order valence-corrected chi connectivity index (χ1v) is 5.66. The van der Waals surface area contributed by atoms with E-state index in [1.807, 2.05) is 0 Å². The molecule has 0 atom stereocenters. The SMILES string of the molecule is C=C(C)C(=O)OCC(COC(=O)C(=C)C)NC(C)=O. The Morgan fingerprint density at radius 3 is 1.58 bits per heavy atom. The van der Waals surface area contributed by atoms with Crippen LogP contribution in [0.1, 0.15) is 20.8 Å². The largest absolute Gasteiger partial charge is 0.460 e. The lowest BCUT2D eigenvalue weighted by molar-refractivity contribution is -0.144. The molecule has 0 spiro atoms. The first-order valence-electron chi connectivity index (χ1n) is 5.66. The number of carbonyl (C=O) groups excluding carboxylic acids is 3. The van der Waals surface area contributed by atoms with E-state index in [2.05, 4.69) is 18.5 Å². The van der Waals surface area contributed by atoms with Crippen molar-refractivity contribution >= 4 is 17.8 Å². The van der Waals surface area contributed by atoms with Crippen LogP contribution in [0.15, 0.2) is 24.3 Å². The van der Waals surface area contributed by atoms with Crippen LogP contribution in [0, 0.1) is 0 Å². The monoisotopic (exact) mass is 269 g/mol. The molecule has 0 rings (SSSR count). The van der Waals surface area contributed by atoms with Crippen molar-refractivity contribution in [2.75, 3.05) is 13.2 Å². The van der Waals surface area contributed by atoms with E-state index < -0.39 is 18.0 Å². The molecule has 0 bridgehead atoms. The summed E-state index contributed by atoms with van der Waals surface area (Å²) in [5.74, 6) is -1.45. The van der Waals surface area contributed by atoms with Crippen molar-refractivity contribution < 1.29 is 23.9 Å². The van der Waals surface area contributed by atoms with Crippen LogP contribution < -0.4 is 5.32 Å². The summed E-state index contributed by atoms with van der Waals surface area (Å²) in [4.78, 5) is 33.4. The number of hydrogen-bond donors (Lipinski definition) is 1. The molecule has 0 aliphatic carbocycles. The van der Waals surface area contributed by atoms with Gasteiger partial charge in [-0.25, -0.2) is 9.59 Å². The number of rotatable bonds is 7. The molecule has 0 aromatic heterocycles. The Bertz CT molecular complexity index is 370. The zero-order chi connectivity index (χ0) is 15.0. The van der Waals surface area contributed by atoms with Crippen LogP contribution >= 0.6 is 0 Å². The Balaban J connectivity index is 4.34. The van der Waals surface area contributed by atoms with Gasteiger partial charge in [-0.2, -0.15) is 0 Å². The van der Waals surface area contributed by atoms with E-state index in [0.29, 0.717) is 0 Å². The maximum absolute atomic E-state index is 11.2. The standard InChI is InChI=1S/C13H19NO5/c1-8(2)12(16)18-6-11(14-10(5)15)7-19-13(17)9(3)4/h11H,1,3,6-7H2,2,4-5H3,(H,14,15). The molecule has 0 unspecified atom stereocenters. The van der Waals surface area contributed by atoms with E-state index in [9.17, 15) is 14.4 Å². The first-order chi connectivity index (χ1) is 8.73. The predicted octanol–water partition coefficient (Wildman–Crippen LogP) is 0.730. The fourth-order valence-electron chi connectivity index (χ4n) is 1.02. The molecule has 0 saturated carbocycles. The van der Waals surface area contributed by atoms with Crippen LogP contribution in [0.2, 0.25) is 0 Å². The van der Waals surface area contributed by atoms with Crippen molar-refractivity contribution in [1.82, 2.24) is 5.32 Å². The van der Waals surface area contributed by atoms with Crippen molar-refractivity contribution in [3.63, 3.8) is 0 Å². The second-order valence-electron chi connectivity index (χ2n) is 4.16. The molecule has 6 heteroatoms. The number of nitrogens with one attached hydrogen (secondary N) is 1. The van der Waals surface area contributed by atoms with Crippen LogP contribution in [-0.2, 0) is 23.9 Å². The Kier molecular flexibility index (Phi) is 7.18. The highest BCUT2D eigenvalue weighted by atomic mass is 16.5. The normalized spacial score (nSPS) is 9.68. The highest BCUT2D eigenvalue weighted by Gasteiger charge is 2.16. The quantitative estimate of drug-likeness (QED) is 0.544. The topological polar surface area (TPSA) is 81.7 Å². The third kappa shape index (κ3) is 7.75. The molecule has 1 N–H and O–H groups in total. The van der Waals surface area contributed by atoms with Crippen LogP contribution in [0.3, 0.4) is 0 Å². The smallest absolute Gasteiger partial charge is 0.333 e. The molecule has 106 valence electrons. The van der Waals surface area contributed by atoms with Crippen LogP contribution in [0.25, 0.3) is 0 Å². The van der Waals surface area contributed by atoms with Gasteiger partial charge >= 0.3 is 11.9 Å². The van der Waals surface area contributed by atoms with Gasteiger partial charge in [-0.15, -0.1) is 0 Å². The summed E-state index contributed by atoms with van der Waals surface area (Å²) >= 11 is 0. The molecule has 0 saturated heterocycles. The van der Waals surface area contributed by atoms with Gasteiger partial charge in [0.25, 0.3) is 0 Å². The van der Waals surface area contributed by atoms with Crippen molar-refractivity contribution in [2.24, 2.45) is 0 Å². The molecule has 0 radical (unpaired) electrons. The summed E-state index contributed by atoms with van der Waals surface area (Å²) < 4.78 is 9.78. The average Bonchev–Trinajstić information content (AvgIpc) is 2.30. The molecule has 19 heavy (non-hydrogen) atoms. The minimum atomic E-state index is -0.607. The summed E-state index contributed by atoms with van der Waals surface area (Å²) in [6.07, 6.45) is 0. The van der Waals surface area contributed by atoms with E-state index in [1.165, 1.54) is 20.8 Å². The molecular formula is C13H19NO5. The van der Waals surface area contributed by atoms with E-state index in [1.54, 1.807) is 0 Å². The van der Waals surface area contributed by atoms with Crippen LogP contribution in [-0.4, -0.2) is 37.1 Å². The van der Waals surface area contributed by atoms with Crippen molar-refractivity contribution in [3.05, 3.63) is 24.3 Å². The number of amides is 1. The molecule has 0 fully saturated rings. The molecule has 1 amide bonds. The Morgan fingerprint density at radius 1 is 0.947 bits per heavy atom. The van der Waals surface area contributed by atoms with E-state index >= 15 is 0 Å². The Hall–Kier alpha value is -2.11. The van der Waals surface area contributed by atoms with Gasteiger partial charge < -0.3 is 14.8 Å². The number of carbonyl (C=O) groups is 3. The fraction of sp³-hybridized carbons (Fsp3) is 0.462. The van der Waals surface area contributed by atoms with Gasteiger partial charge in [0.2, 0.25) is 5.91 Å². The van der Waals surface area contributed by atoms with Gasteiger partial charge in [-0.3, -0.25) is 4.79 Å². The lowest BCUT2D eigenvalue weighted by Gasteiger charge is -2.17. The Labute approximate surface area is 112 Å². The molecule has 0 aromatic carbocycles. The Morgan fingerprint density at radius 2 is 1.32 bits per heavy atom. The van der Waals surface area contributed by atoms with Crippen LogP contribution in [0.5, 0.6) is 0 Å². The minimum absolute atomic E-state index is 0.102. The second-order valence-corrected chi connectivity index (χ2v) is 4.16. The summed E-state index contributed by atoms with van der Waals surface area (Å²) in [6.45, 7) is 11.0. The zero-order valence-corrected chi connectivity index (χ0v) is 11.4. The first kappa shape index (κ1) is 16.9. The minimum Gasteiger partial charge on any atom is -0.460 e. The van der Waals surface area contributed by atoms with E-state index in [0.717, 1.165) is 0 Å². The fourth-order valence-corrected chi connectivity index (χ4v) is 1.02. The highest BCUT2D eigenvalue weighted by Crippen LogP contribution is 1.98. The summed E-state index contributed by atoms with van der Waals surface area (Å²) in [5, 5.41) is 2.52. The molecular weight excluding hydrogens is 250 g/mol. The summed E-state index contributed by atoms with van der Waals surface area (Å²) in [6, 6.07) is -0.607. The van der Waals surface area contributed by atoms with Gasteiger partial charge in [0.15, 0.2) is 0 Å². The van der Waals surface area contributed by atoms with Gasteiger partial charge in [0.05, 0.1) is 6.04 Å². The molecule has 0 aliphatic heterocycles. The van der Waals surface area contributed by atoms with Gasteiger partial charge in [-0.05, 0) is 13.8 Å². The third-order valence-corrected chi connectivity index (χ3v) is 1.94. The van der Waals surface area contributed by atoms with Crippen LogP contribution in [0.4, 0.5) is 0 Å². The predicted molar refractivity (Wildman–Crippen MR) is 69.2 cm³/mol. The summed E-state index contributed by atoms with van der Waals surface area (Å²) in [7, 11) is 0. The van der Waals surface area contributed by atoms with Gasteiger partial charge in [0.1, 0.15) is 13.2 Å². The average molecular weight is 269 g/mol. The third-order valence-electron chi connectivity index (χ3n) is 1.94. The van der Waals surface area contributed by atoms with Crippen molar-refractivity contribution in [3.8, 4) is 0 Å². The number of ether oxygens (including phenoxy) is 2. The van der Waals surface area contributed by atoms with Gasteiger partial charge in [-0.1, -0.05) is 13.2 Å². The summed E-state index contributed by atoms with van der Waals surface area (Å²) in [5.41, 5.74) is 0.501. The number of esters is 2. The van der Waals surface area contributed by atoms with Crippen molar-refractivity contribution in [1.29, 1.82) is 0 Å². The number of hydrogen-bond acceptors (Lipinski definition) is 5. The van der Waals surface area contributed by atoms with E-state index in [-0.39, 0.29) is 30.3 Å². The maximum atomic E-state index is 11.2. The molecule has 0 aromatic rings. The molecule has 0 heterocycles. The second kappa shape index (κ2) is 8.07. The highest BCUT2D eigenvalue weighted by molar-refractivity contribution is 5.87. The zero-order valence-electron chi connectivity index (χ0n) is 11.4. The van der Waals surface area contributed by atoms with Gasteiger partial charge in [0, 0.05) is 18.1 Å². The van der Waals surface area contributed by atoms with E-state index in [4.69, 9.17) is 9.47 Å². The lowest BCUT2D eigenvalue weighted by atomic mass is 10.3. The molecule has 6 nitrogen and oxygen atoms in total.